The highest BCUT2D eigenvalue weighted by Crippen LogP contribution is 2.73. The molecule has 0 amide bonds. The maximum atomic E-state index is 13.6. The molecule has 0 atom stereocenters. The topological polar surface area (TPSA) is 26.0 Å². The van der Waals surface area contributed by atoms with Crippen molar-refractivity contribution in [3.63, 3.8) is 0 Å². The van der Waals surface area contributed by atoms with Gasteiger partial charge in [0, 0.05) is 5.02 Å². The Labute approximate surface area is 93.4 Å². The van der Waals surface area contributed by atoms with Crippen LogP contribution in [-0.2, 0) is 5.41 Å². The van der Waals surface area contributed by atoms with Crippen LogP contribution in [0, 0.1) is 11.2 Å². The summed E-state index contributed by atoms with van der Waals surface area (Å²) in [7, 11) is 0. The molecule has 0 aromatic heterocycles. The molecular weight excluding hydrogens is 213 g/mol. The lowest BCUT2D eigenvalue weighted by Gasteiger charge is -2.71. The second-order valence-electron chi connectivity index (χ2n) is 5.14. The first-order chi connectivity index (χ1) is 7.09. The van der Waals surface area contributed by atoms with Crippen LogP contribution < -0.4 is 5.73 Å². The van der Waals surface area contributed by atoms with Crippen molar-refractivity contribution in [2.24, 2.45) is 11.1 Å². The van der Waals surface area contributed by atoms with Crippen LogP contribution in [0.25, 0.3) is 0 Å². The summed E-state index contributed by atoms with van der Waals surface area (Å²) in [6.07, 6.45) is 3.11. The van der Waals surface area contributed by atoms with E-state index >= 15 is 0 Å². The van der Waals surface area contributed by atoms with E-state index in [0.717, 1.165) is 31.4 Å². The molecule has 80 valence electrons. The molecule has 3 fully saturated rings. The maximum Gasteiger partial charge on any atom is 0.127 e. The summed E-state index contributed by atoms with van der Waals surface area (Å²) in [5.74, 6) is -0.121. The van der Waals surface area contributed by atoms with Gasteiger partial charge in [-0.1, -0.05) is 11.6 Å². The maximum absolute atomic E-state index is 13.6. The number of nitrogens with two attached hydrogens (primary N) is 1. The first-order valence-electron chi connectivity index (χ1n) is 5.25. The fourth-order valence-corrected chi connectivity index (χ4v) is 3.58. The van der Waals surface area contributed by atoms with E-state index in [2.05, 4.69) is 0 Å². The summed E-state index contributed by atoms with van der Waals surface area (Å²) in [5.41, 5.74) is 6.88. The van der Waals surface area contributed by atoms with Crippen LogP contribution in [0.5, 0.6) is 0 Å². The van der Waals surface area contributed by atoms with Gasteiger partial charge in [-0.3, -0.25) is 0 Å². The lowest BCUT2D eigenvalue weighted by atomic mass is 9.33. The molecule has 0 unspecified atom stereocenters. The Morgan fingerprint density at radius 3 is 2.60 bits per heavy atom. The molecule has 4 rings (SSSR count). The van der Waals surface area contributed by atoms with Gasteiger partial charge in [-0.2, -0.15) is 0 Å². The van der Waals surface area contributed by atoms with Crippen LogP contribution in [0.15, 0.2) is 18.2 Å². The second kappa shape index (κ2) is 2.74. The standard InChI is InChI=1S/C12H13ClFN/c13-8-1-2-10(14)9(3-8)12-4-11(5-12,6-12)7-15/h1-3H,4-7,15H2. The Bertz CT molecular complexity index is 410. The summed E-state index contributed by atoms with van der Waals surface area (Å²) >= 11 is 5.90. The average molecular weight is 226 g/mol. The second-order valence-corrected chi connectivity index (χ2v) is 5.58. The molecule has 3 heteroatoms. The third-order valence-corrected chi connectivity index (χ3v) is 4.31. The van der Waals surface area contributed by atoms with Gasteiger partial charge >= 0.3 is 0 Å². The summed E-state index contributed by atoms with van der Waals surface area (Å²) in [6.45, 7) is 0.733. The fourth-order valence-electron chi connectivity index (χ4n) is 3.40. The summed E-state index contributed by atoms with van der Waals surface area (Å²) in [4.78, 5) is 0. The van der Waals surface area contributed by atoms with E-state index in [1.807, 2.05) is 0 Å². The Morgan fingerprint density at radius 2 is 2.00 bits per heavy atom. The van der Waals surface area contributed by atoms with Crippen LogP contribution >= 0.6 is 11.6 Å². The average Bonchev–Trinajstić information content (AvgIpc) is 2.07. The minimum atomic E-state index is -0.121. The number of hydrogen-bond donors (Lipinski definition) is 1. The lowest BCUT2D eigenvalue weighted by Crippen LogP contribution is -2.67. The number of rotatable bonds is 2. The van der Waals surface area contributed by atoms with Crippen molar-refractivity contribution in [3.8, 4) is 0 Å². The molecule has 15 heavy (non-hydrogen) atoms. The predicted octanol–water partition coefficient (Wildman–Crippen LogP) is 2.86. The van der Waals surface area contributed by atoms with Gasteiger partial charge in [-0.15, -0.1) is 0 Å². The van der Waals surface area contributed by atoms with Gasteiger partial charge < -0.3 is 5.73 Å². The molecule has 3 aliphatic carbocycles. The predicted molar refractivity (Wildman–Crippen MR) is 58.4 cm³/mol. The van der Waals surface area contributed by atoms with E-state index in [-0.39, 0.29) is 11.2 Å². The Morgan fingerprint density at radius 1 is 1.33 bits per heavy atom. The van der Waals surface area contributed by atoms with Gasteiger partial charge in [0.05, 0.1) is 0 Å². The SMILES string of the molecule is NCC12CC(c3cc(Cl)ccc3F)(C1)C2. The molecule has 0 aliphatic heterocycles. The molecule has 3 aliphatic rings. The first-order valence-corrected chi connectivity index (χ1v) is 5.63. The highest BCUT2D eigenvalue weighted by atomic mass is 35.5. The third-order valence-electron chi connectivity index (χ3n) is 4.07. The Hall–Kier alpha value is -0.600. The molecule has 2 bridgehead atoms. The van der Waals surface area contributed by atoms with Gasteiger partial charge in [-0.25, -0.2) is 4.39 Å². The molecule has 1 aromatic rings. The number of halogens is 2. The summed E-state index contributed by atoms with van der Waals surface area (Å²) in [5, 5.41) is 0.623. The van der Waals surface area contributed by atoms with E-state index in [1.165, 1.54) is 6.07 Å². The van der Waals surface area contributed by atoms with Crippen molar-refractivity contribution in [2.45, 2.75) is 24.7 Å². The van der Waals surface area contributed by atoms with Gasteiger partial charge in [0.2, 0.25) is 0 Å². The molecule has 1 nitrogen and oxygen atoms in total. The normalized spacial score (nSPS) is 37.0. The van der Waals surface area contributed by atoms with Gasteiger partial charge in [-0.05, 0) is 60.4 Å². The molecule has 0 saturated heterocycles. The van der Waals surface area contributed by atoms with Crippen molar-refractivity contribution < 1.29 is 4.39 Å². The van der Waals surface area contributed by atoms with E-state index in [4.69, 9.17) is 17.3 Å². The Balaban J connectivity index is 1.93. The van der Waals surface area contributed by atoms with Gasteiger partial charge in [0.25, 0.3) is 0 Å². The minimum absolute atomic E-state index is 0.0638. The highest BCUT2D eigenvalue weighted by Gasteiger charge is 2.67. The van der Waals surface area contributed by atoms with E-state index in [1.54, 1.807) is 12.1 Å². The highest BCUT2D eigenvalue weighted by molar-refractivity contribution is 6.30. The summed E-state index contributed by atoms with van der Waals surface area (Å²) in [6, 6.07) is 4.84. The number of benzene rings is 1. The van der Waals surface area contributed by atoms with Crippen LogP contribution in [0.3, 0.4) is 0 Å². The monoisotopic (exact) mass is 225 g/mol. The van der Waals surface area contributed by atoms with Crippen molar-refractivity contribution in [2.75, 3.05) is 6.54 Å². The molecule has 3 saturated carbocycles. The largest absolute Gasteiger partial charge is 0.330 e. The van der Waals surface area contributed by atoms with Crippen molar-refractivity contribution >= 4 is 11.6 Å². The van der Waals surface area contributed by atoms with Gasteiger partial charge in [0.1, 0.15) is 5.82 Å². The van der Waals surface area contributed by atoms with Gasteiger partial charge in [0.15, 0.2) is 0 Å². The van der Waals surface area contributed by atoms with E-state index in [9.17, 15) is 4.39 Å². The first kappa shape index (κ1) is 9.61. The van der Waals surface area contributed by atoms with Crippen molar-refractivity contribution in [1.29, 1.82) is 0 Å². The van der Waals surface area contributed by atoms with Crippen LogP contribution in [0.1, 0.15) is 24.8 Å². The number of hydrogen-bond acceptors (Lipinski definition) is 1. The molecule has 0 heterocycles. The smallest absolute Gasteiger partial charge is 0.127 e. The van der Waals surface area contributed by atoms with E-state index < -0.39 is 0 Å². The van der Waals surface area contributed by atoms with Crippen LogP contribution in [0.2, 0.25) is 5.02 Å². The minimum Gasteiger partial charge on any atom is -0.330 e. The van der Waals surface area contributed by atoms with Crippen LogP contribution in [-0.4, -0.2) is 6.54 Å². The van der Waals surface area contributed by atoms with Crippen molar-refractivity contribution in [3.05, 3.63) is 34.6 Å². The molecule has 1 aromatic carbocycles. The molecule has 0 spiro atoms. The quantitative estimate of drug-likeness (QED) is 0.823. The molecule has 2 N–H and O–H groups in total. The zero-order valence-electron chi connectivity index (χ0n) is 8.39. The van der Waals surface area contributed by atoms with Crippen molar-refractivity contribution in [1.82, 2.24) is 0 Å². The fraction of sp³-hybridized carbons (Fsp3) is 0.500. The summed E-state index contributed by atoms with van der Waals surface area (Å²) < 4.78 is 13.6. The zero-order valence-corrected chi connectivity index (χ0v) is 9.15. The lowest BCUT2D eigenvalue weighted by molar-refractivity contribution is -0.134. The van der Waals surface area contributed by atoms with Crippen LogP contribution in [0.4, 0.5) is 4.39 Å². The zero-order chi connectivity index (χ0) is 10.7. The van der Waals surface area contributed by atoms with E-state index in [0.29, 0.717) is 10.4 Å². The molecule has 0 radical (unpaired) electrons. The molecular formula is C12H13ClFN. The Kier molecular flexibility index (Phi) is 1.76. The third kappa shape index (κ3) is 1.12.